The Morgan fingerprint density at radius 3 is 2.65 bits per heavy atom. The number of aromatic nitrogens is 4. The van der Waals surface area contributed by atoms with Gasteiger partial charge in [0, 0.05) is 0 Å². The van der Waals surface area contributed by atoms with Crippen molar-refractivity contribution in [3.8, 4) is 0 Å². The summed E-state index contributed by atoms with van der Waals surface area (Å²) in [5.74, 6) is 1.60. The second-order valence-electron chi connectivity index (χ2n) is 4.92. The van der Waals surface area contributed by atoms with Crippen molar-refractivity contribution in [1.82, 2.24) is 25.5 Å². The lowest BCUT2D eigenvalue weighted by atomic mass is 10.1. The predicted octanol–water partition coefficient (Wildman–Crippen LogP) is 2.17. The van der Waals surface area contributed by atoms with Gasteiger partial charge in [0.2, 0.25) is 0 Å². The number of tetrazole rings is 1. The normalized spacial score (nSPS) is 13.2. The third-order valence-electron chi connectivity index (χ3n) is 2.84. The molecule has 0 saturated carbocycles. The summed E-state index contributed by atoms with van der Waals surface area (Å²) in [6.07, 6.45) is 3.38. The van der Waals surface area contributed by atoms with Gasteiger partial charge in [0.25, 0.3) is 0 Å². The fourth-order valence-electron chi connectivity index (χ4n) is 1.92. The second-order valence-corrected chi connectivity index (χ2v) is 4.92. The van der Waals surface area contributed by atoms with E-state index in [1.165, 1.54) is 0 Å². The zero-order valence-corrected chi connectivity index (χ0v) is 11.5. The predicted molar refractivity (Wildman–Crippen MR) is 68.6 cm³/mol. The van der Waals surface area contributed by atoms with E-state index >= 15 is 0 Å². The molecule has 1 unspecified atom stereocenters. The lowest BCUT2D eigenvalue weighted by Gasteiger charge is -2.16. The van der Waals surface area contributed by atoms with Crippen LogP contribution in [0.25, 0.3) is 0 Å². The summed E-state index contributed by atoms with van der Waals surface area (Å²) in [6, 6.07) is 0.436. The van der Waals surface area contributed by atoms with E-state index in [1.807, 2.05) is 4.68 Å². The summed E-state index contributed by atoms with van der Waals surface area (Å²) in [5.41, 5.74) is 0. The Morgan fingerprint density at radius 2 is 2.06 bits per heavy atom. The van der Waals surface area contributed by atoms with Crippen molar-refractivity contribution in [3.05, 3.63) is 5.82 Å². The van der Waals surface area contributed by atoms with Crippen molar-refractivity contribution < 1.29 is 0 Å². The van der Waals surface area contributed by atoms with Crippen LogP contribution in [0.2, 0.25) is 0 Å². The van der Waals surface area contributed by atoms with E-state index in [2.05, 4.69) is 48.5 Å². The molecule has 0 radical (unpaired) electrons. The van der Waals surface area contributed by atoms with E-state index in [-0.39, 0.29) is 0 Å². The minimum atomic E-state index is 0.436. The maximum absolute atomic E-state index is 4.12. The molecule has 1 rings (SSSR count). The highest BCUT2D eigenvalue weighted by molar-refractivity contribution is 4.83. The molecule has 1 aromatic heterocycles. The first-order valence-corrected chi connectivity index (χ1v) is 6.66. The van der Waals surface area contributed by atoms with Gasteiger partial charge < -0.3 is 5.32 Å². The highest BCUT2D eigenvalue weighted by Crippen LogP contribution is 2.17. The Balaban J connectivity index is 2.57. The van der Waals surface area contributed by atoms with Gasteiger partial charge in [-0.3, -0.25) is 0 Å². The van der Waals surface area contributed by atoms with Crippen LogP contribution in [0.1, 0.15) is 58.8 Å². The molecule has 0 aliphatic rings. The summed E-state index contributed by atoms with van der Waals surface area (Å²) >= 11 is 0. The first kappa shape index (κ1) is 14.1. The van der Waals surface area contributed by atoms with Crippen LogP contribution in [-0.2, 0) is 6.54 Å². The lowest BCUT2D eigenvalue weighted by Crippen LogP contribution is -2.23. The fraction of sp³-hybridized carbons (Fsp3) is 0.917. The molecule has 1 N–H and O–H groups in total. The molecule has 0 amide bonds. The van der Waals surface area contributed by atoms with Crippen LogP contribution in [0, 0.1) is 5.92 Å². The average molecular weight is 239 g/mol. The summed E-state index contributed by atoms with van der Waals surface area (Å²) in [4.78, 5) is 0. The largest absolute Gasteiger partial charge is 0.310 e. The monoisotopic (exact) mass is 239 g/mol. The van der Waals surface area contributed by atoms with Crippen molar-refractivity contribution in [2.24, 2.45) is 5.92 Å². The van der Waals surface area contributed by atoms with Crippen LogP contribution in [0.4, 0.5) is 0 Å². The zero-order valence-electron chi connectivity index (χ0n) is 11.5. The quantitative estimate of drug-likeness (QED) is 0.755. The highest BCUT2D eigenvalue weighted by atomic mass is 15.6. The topological polar surface area (TPSA) is 55.6 Å². The molecule has 0 aliphatic heterocycles. The summed E-state index contributed by atoms with van der Waals surface area (Å²) in [5, 5.41) is 15.4. The SMILES string of the molecule is CCCC(CC)n1nnnc1CNCC(C)C. The molecule has 5 heteroatoms. The van der Waals surface area contributed by atoms with Crippen LogP contribution < -0.4 is 5.32 Å². The molecule has 1 heterocycles. The van der Waals surface area contributed by atoms with Crippen molar-refractivity contribution in [1.29, 1.82) is 0 Å². The van der Waals surface area contributed by atoms with Gasteiger partial charge in [-0.05, 0) is 35.7 Å². The molecule has 1 aromatic rings. The molecule has 0 spiro atoms. The molecule has 1 atom stereocenters. The zero-order chi connectivity index (χ0) is 12.7. The van der Waals surface area contributed by atoms with Gasteiger partial charge in [-0.2, -0.15) is 0 Å². The number of nitrogens with one attached hydrogen (secondary N) is 1. The van der Waals surface area contributed by atoms with E-state index < -0.39 is 0 Å². The average Bonchev–Trinajstić information content (AvgIpc) is 2.73. The molecular formula is C12H25N5. The van der Waals surface area contributed by atoms with Crippen molar-refractivity contribution >= 4 is 0 Å². The Kier molecular flexibility index (Phi) is 6.11. The number of rotatable bonds is 8. The maximum atomic E-state index is 4.12. The van der Waals surface area contributed by atoms with Crippen LogP contribution in [0.3, 0.4) is 0 Å². The van der Waals surface area contributed by atoms with Gasteiger partial charge in [-0.15, -0.1) is 5.10 Å². The molecule has 0 aromatic carbocycles. The summed E-state index contributed by atoms with van der Waals surface area (Å²) in [7, 11) is 0. The summed E-state index contributed by atoms with van der Waals surface area (Å²) < 4.78 is 1.98. The Labute approximate surface area is 104 Å². The molecule has 0 bridgehead atoms. The third kappa shape index (κ3) is 4.42. The minimum Gasteiger partial charge on any atom is -0.310 e. The summed E-state index contributed by atoms with van der Waals surface area (Å²) in [6.45, 7) is 10.5. The Morgan fingerprint density at radius 1 is 1.29 bits per heavy atom. The van der Waals surface area contributed by atoms with E-state index in [0.29, 0.717) is 12.0 Å². The third-order valence-corrected chi connectivity index (χ3v) is 2.84. The van der Waals surface area contributed by atoms with E-state index in [4.69, 9.17) is 0 Å². The first-order chi connectivity index (χ1) is 8.19. The minimum absolute atomic E-state index is 0.436. The highest BCUT2D eigenvalue weighted by Gasteiger charge is 2.14. The van der Waals surface area contributed by atoms with Crippen molar-refractivity contribution in [2.75, 3.05) is 6.54 Å². The van der Waals surface area contributed by atoms with E-state index in [1.54, 1.807) is 0 Å². The molecular weight excluding hydrogens is 214 g/mol. The van der Waals surface area contributed by atoms with E-state index in [0.717, 1.165) is 38.2 Å². The molecule has 5 nitrogen and oxygen atoms in total. The standard InChI is InChI=1S/C12H25N5/c1-5-7-11(6-2)17-12(14-15-16-17)9-13-8-10(3)4/h10-11,13H,5-9H2,1-4H3. The second kappa shape index (κ2) is 7.37. The van der Waals surface area contributed by atoms with Crippen LogP contribution in [-0.4, -0.2) is 26.8 Å². The van der Waals surface area contributed by atoms with Gasteiger partial charge in [0.05, 0.1) is 12.6 Å². The smallest absolute Gasteiger partial charge is 0.165 e. The first-order valence-electron chi connectivity index (χ1n) is 6.66. The van der Waals surface area contributed by atoms with E-state index in [9.17, 15) is 0 Å². The number of hydrogen-bond donors (Lipinski definition) is 1. The maximum Gasteiger partial charge on any atom is 0.165 e. The lowest BCUT2D eigenvalue weighted by molar-refractivity contribution is 0.382. The Bertz CT molecular complexity index is 308. The van der Waals surface area contributed by atoms with Gasteiger partial charge in [-0.1, -0.05) is 34.1 Å². The van der Waals surface area contributed by atoms with Crippen LogP contribution in [0.5, 0.6) is 0 Å². The molecule has 0 aliphatic carbocycles. The molecule has 0 saturated heterocycles. The number of hydrogen-bond acceptors (Lipinski definition) is 4. The van der Waals surface area contributed by atoms with Crippen molar-refractivity contribution in [2.45, 2.75) is 59.5 Å². The molecule has 0 fully saturated rings. The van der Waals surface area contributed by atoms with Gasteiger partial charge in [0.15, 0.2) is 5.82 Å². The Hall–Kier alpha value is -0.970. The van der Waals surface area contributed by atoms with Crippen molar-refractivity contribution in [3.63, 3.8) is 0 Å². The van der Waals surface area contributed by atoms with Crippen LogP contribution in [0.15, 0.2) is 0 Å². The van der Waals surface area contributed by atoms with Gasteiger partial charge >= 0.3 is 0 Å². The number of nitrogens with zero attached hydrogens (tertiary/aromatic N) is 4. The molecule has 98 valence electrons. The van der Waals surface area contributed by atoms with Gasteiger partial charge in [0.1, 0.15) is 0 Å². The van der Waals surface area contributed by atoms with Gasteiger partial charge in [-0.25, -0.2) is 4.68 Å². The van der Waals surface area contributed by atoms with Crippen LogP contribution >= 0.6 is 0 Å². The fourth-order valence-corrected chi connectivity index (χ4v) is 1.92. The molecule has 17 heavy (non-hydrogen) atoms.